The molecule has 100 valence electrons. The lowest BCUT2D eigenvalue weighted by Gasteiger charge is -2.10. The normalized spacial score (nSPS) is 10.9. The lowest BCUT2D eigenvalue weighted by Crippen LogP contribution is -2.09. The number of aryl methyl sites for hydroxylation is 1. The number of hydrogen-bond acceptors (Lipinski definition) is 4. The van der Waals surface area contributed by atoms with Gasteiger partial charge in [-0.2, -0.15) is 0 Å². The van der Waals surface area contributed by atoms with Crippen molar-refractivity contribution in [2.24, 2.45) is 5.92 Å². The number of benzene rings is 1. The molecule has 0 atom stereocenters. The molecule has 2 aromatic rings. The summed E-state index contributed by atoms with van der Waals surface area (Å²) in [6.45, 7) is 7.05. The van der Waals surface area contributed by atoms with Crippen LogP contribution in [0.5, 0.6) is 0 Å². The van der Waals surface area contributed by atoms with E-state index in [0.717, 1.165) is 28.8 Å². The second kappa shape index (κ2) is 5.22. The molecule has 0 radical (unpaired) electrons. The minimum atomic E-state index is -0.385. The Morgan fingerprint density at radius 1 is 1.37 bits per heavy atom. The van der Waals surface area contributed by atoms with E-state index in [1.54, 1.807) is 12.1 Å². The van der Waals surface area contributed by atoms with Crippen LogP contribution in [0, 0.1) is 23.0 Å². The van der Waals surface area contributed by atoms with Crippen molar-refractivity contribution in [1.29, 1.82) is 0 Å². The highest BCUT2D eigenvalue weighted by Crippen LogP contribution is 2.24. The summed E-state index contributed by atoms with van der Waals surface area (Å²) < 4.78 is 0. The number of fused-ring (bicyclic) bond motifs is 1. The summed E-state index contributed by atoms with van der Waals surface area (Å²) in [5.41, 5.74) is 1.86. The molecule has 0 saturated heterocycles. The number of nitrogens with zero attached hydrogens (tertiary/aromatic N) is 2. The molecule has 19 heavy (non-hydrogen) atoms. The number of nitro groups is 1. The Balaban J connectivity index is 2.41. The lowest BCUT2D eigenvalue weighted by molar-refractivity contribution is -0.384. The van der Waals surface area contributed by atoms with Gasteiger partial charge in [0.1, 0.15) is 5.82 Å². The zero-order valence-corrected chi connectivity index (χ0v) is 11.3. The SMILES string of the molecule is Cc1cc(NCC(C)C)nc2ccc([N+](=O)[O-])cc12. The van der Waals surface area contributed by atoms with E-state index < -0.39 is 0 Å². The highest BCUT2D eigenvalue weighted by Gasteiger charge is 2.09. The van der Waals surface area contributed by atoms with E-state index in [1.807, 2.05) is 13.0 Å². The summed E-state index contributed by atoms with van der Waals surface area (Å²) in [6, 6.07) is 6.68. The van der Waals surface area contributed by atoms with E-state index in [2.05, 4.69) is 24.1 Å². The average molecular weight is 259 g/mol. The quantitative estimate of drug-likeness (QED) is 0.673. The van der Waals surface area contributed by atoms with Gasteiger partial charge in [-0.3, -0.25) is 10.1 Å². The molecule has 0 aliphatic heterocycles. The Kier molecular flexibility index (Phi) is 3.64. The van der Waals surface area contributed by atoms with E-state index in [1.165, 1.54) is 6.07 Å². The molecule has 0 bridgehead atoms. The Labute approximate surface area is 111 Å². The van der Waals surface area contributed by atoms with E-state index in [0.29, 0.717) is 5.92 Å². The summed E-state index contributed by atoms with van der Waals surface area (Å²) in [6.07, 6.45) is 0. The van der Waals surface area contributed by atoms with Gasteiger partial charge in [0.25, 0.3) is 5.69 Å². The van der Waals surface area contributed by atoms with Crippen molar-refractivity contribution < 1.29 is 4.92 Å². The zero-order valence-electron chi connectivity index (χ0n) is 11.3. The number of anilines is 1. The van der Waals surface area contributed by atoms with Gasteiger partial charge in [-0.05, 0) is 30.5 Å². The average Bonchev–Trinajstić information content (AvgIpc) is 2.36. The molecule has 5 nitrogen and oxygen atoms in total. The van der Waals surface area contributed by atoms with Crippen LogP contribution in [0.4, 0.5) is 11.5 Å². The van der Waals surface area contributed by atoms with Gasteiger partial charge in [-0.1, -0.05) is 13.8 Å². The molecule has 5 heteroatoms. The Morgan fingerprint density at radius 2 is 2.11 bits per heavy atom. The van der Waals surface area contributed by atoms with Crippen LogP contribution in [0.25, 0.3) is 10.9 Å². The van der Waals surface area contributed by atoms with Gasteiger partial charge in [-0.15, -0.1) is 0 Å². The number of non-ortho nitro benzene ring substituents is 1. The molecule has 1 heterocycles. The fourth-order valence-electron chi connectivity index (χ4n) is 1.90. The van der Waals surface area contributed by atoms with E-state index in [4.69, 9.17) is 0 Å². The third kappa shape index (κ3) is 2.99. The number of nitro benzene ring substituents is 1. The van der Waals surface area contributed by atoms with Crippen LogP contribution in [-0.4, -0.2) is 16.5 Å². The minimum Gasteiger partial charge on any atom is -0.370 e. The van der Waals surface area contributed by atoms with Crippen LogP contribution in [0.3, 0.4) is 0 Å². The Hall–Kier alpha value is -2.17. The fraction of sp³-hybridized carbons (Fsp3) is 0.357. The van der Waals surface area contributed by atoms with E-state index >= 15 is 0 Å². The largest absolute Gasteiger partial charge is 0.370 e. The van der Waals surface area contributed by atoms with Crippen molar-refractivity contribution in [2.45, 2.75) is 20.8 Å². The van der Waals surface area contributed by atoms with Gasteiger partial charge < -0.3 is 5.32 Å². The first-order valence-corrected chi connectivity index (χ1v) is 6.27. The molecule has 0 saturated carbocycles. The van der Waals surface area contributed by atoms with Crippen molar-refractivity contribution in [3.63, 3.8) is 0 Å². The van der Waals surface area contributed by atoms with Crippen LogP contribution in [-0.2, 0) is 0 Å². The van der Waals surface area contributed by atoms with Crippen molar-refractivity contribution in [2.75, 3.05) is 11.9 Å². The molecule has 0 fully saturated rings. The van der Waals surface area contributed by atoms with Crippen molar-refractivity contribution >= 4 is 22.4 Å². The van der Waals surface area contributed by atoms with Gasteiger partial charge >= 0.3 is 0 Å². The van der Waals surface area contributed by atoms with Gasteiger partial charge in [-0.25, -0.2) is 4.98 Å². The molecule has 1 aromatic carbocycles. The van der Waals surface area contributed by atoms with Gasteiger partial charge in [0.2, 0.25) is 0 Å². The first-order valence-electron chi connectivity index (χ1n) is 6.27. The van der Waals surface area contributed by atoms with Gasteiger partial charge in [0.05, 0.1) is 10.4 Å². The second-order valence-corrected chi connectivity index (χ2v) is 5.06. The van der Waals surface area contributed by atoms with Crippen molar-refractivity contribution in [3.8, 4) is 0 Å². The van der Waals surface area contributed by atoms with Crippen LogP contribution in [0.15, 0.2) is 24.3 Å². The maximum Gasteiger partial charge on any atom is 0.270 e. The summed E-state index contributed by atoms with van der Waals surface area (Å²) in [5, 5.41) is 14.9. The predicted molar refractivity (Wildman–Crippen MR) is 76.5 cm³/mol. The first-order chi connectivity index (χ1) is 8.97. The maximum atomic E-state index is 10.8. The third-order valence-electron chi connectivity index (χ3n) is 2.90. The highest BCUT2D eigenvalue weighted by atomic mass is 16.6. The van der Waals surface area contributed by atoms with E-state index in [9.17, 15) is 10.1 Å². The number of rotatable bonds is 4. The number of pyridine rings is 1. The second-order valence-electron chi connectivity index (χ2n) is 5.06. The van der Waals surface area contributed by atoms with Crippen LogP contribution < -0.4 is 5.32 Å². The maximum absolute atomic E-state index is 10.8. The molecule has 0 amide bonds. The minimum absolute atomic E-state index is 0.0975. The molecule has 2 rings (SSSR count). The van der Waals surface area contributed by atoms with Crippen LogP contribution in [0.1, 0.15) is 19.4 Å². The Morgan fingerprint density at radius 3 is 2.74 bits per heavy atom. The molecule has 0 aliphatic carbocycles. The smallest absolute Gasteiger partial charge is 0.270 e. The third-order valence-corrected chi connectivity index (χ3v) is 2.90. The first kappa shape index (κ1) is 13.3. The summed E-state index contributed by atoms with van der Waals surface area (Å²) >= 11 is 0. The summed E-state index contributed by atoms with van der Waals surface area (Å²) in [4.78, 5) is 14.9. The topological polar surface area (TPSA) is 68.1 Å². The number of aromatic nitrogens is 1. The van der Waals surface area contributed by atoms with Crippen molar-refractivity contribution in [3.05, 3.63) is 39.9 Å². The Bertz CT molecular complexity index is 623. The van der Waals surface area contributed by atoms with Crippen molar-refractivity contribution in [1.82, 2.24) is 4.98 Å². The zero-order chi connectivity index (χ0) is 14.0. The highest BCUT2D eigenvalue weighted by molar-refractivity contribution is 5.85. The van der Waals surface area contributed by atoms with Gasteiger partial charge in [0, 0.05) is 24.1 Å². The van der Waals surface area contributed by atoms with Crippen LogP contribution in [0.2, 0.25) is 0 Å². The summed E-state index contributed by atoms with van der Waals surface area (Å²) in [7, 11) is 0. The lowest BCUT2D eigenvalue weighted by atomic mass is 10.1. The molecule has 0 spiro atoms. The molecule has 1 aromatic heterocycles. The monoisotopic (exact) mass is 259 g/mol. The number of nitrogens with one attached hydrogen (secondary N) is 1. The van der Waals surface area contributed by atoms with E-state index in [-0.39, 0.29) is 10.6 Å². The summed E-state index contributed by atoms with van der Waals surface area (Å²) in [5.74, 6) is 1.35. The molecular weight excluding hydrogens is 242 g/mol. The predicted octanol–water partition coefficient (Wildman–Crippen LogP) is 3.52. The molecule has 0 unspecified atom stereocenters. The molecule has 0 aliphatic rings. The molecular formula is C14H17N3O2. The number of hydrogen-bond donors (Lipinski definition) is 1. The molecule has 1 N–H and O–H groups in total. The fourth-order valence-corrected chi connectivity index (χ4v) is 1.90. The van der Waals surface area contributed by atoms with Gasteiger partial charge in [0.15, 0.2) is 0 Å². The standard InChI is InChI=1S/C14H17N3O2/c1-9(2)8-15-14-6-10(3)12-7-11(17(18)19)4-5-13(12)16-14/h4-7,9H,8H2,1-3H3,(H,15,16). The van der Waals surface area contributed by atoms with Crippen LogP contribution >= 0.6 is 0 Å².